The van der Waals surface area contributed by atoms with Gasteiger partial charge in [0.15, 0.2) is 0 Å². The number of benzene rings is 8. The van der Waals surface area contributed by atoms with Crippen LogP contribution in [0, 0.1) is 0 Å². The van der Waals surface area contributed by atoms with Gasteiger partial charge >= 0.3 is 0 Å². The van der Waals surface area contributed by atoms with Crippen LogP contribution in [0.3, 0.4) is 0 Å². The summed E-state index contributed by atoms with van der Waals surface area (Å²) in [6.45, 7) is 0.0421. The second kappa shape index (κ2) is 12.3. The zero-order valence-electron chi connectivity index (χ0n) is 29.5. The molecule has 252 valence electrons. The Balaban J connectivity index is 1.23. The summed E-state index contributed by atoms with van der Waals surface area (Å²) in [5.41, 5.74) is 18.3. The Hall–Kier alpha value is -7.04. The van der Waals surface area contributed by atoms with Crippen molar-refractivity contribution in [1.82, 2.24) is 4.57 Å². The highest BCUT2D eigenvalue weighted by Gasteiger charge is 2.43. The van der Waals surface area contributed by atoms with E-state index >= 15 is 0 Å². The lowest BCUT2D eigenvalue weighted by atomic mass is 9.34. The lowest BCUT2D eigenvalue weighted by Crippen LogP contribution is -2.60. The predicted octanol–water partition coefficient (Wildman–Crippen LogP) is 11.0. The van der Waals surface area contributed by atoms with Gasteiger partial charge in [-0.1, -0.05) is 146 Å². The number of anilines is 6. The molecule has 0 spiro atoms. The number of aromatic nitrogens is 1. The Morgan fingerprint density at radius 2 is 0.981 bits per heavy atom. The van der Waals surface area contributed by atoms with Crippen LogP contribution in [-0.2, 0) is 0 Å². The summed E-state index contributed by atoms with van der Waals surface area (Å²) in [4.78, 5) is 4.84. The van der Waals surface area contributed by atoms with Gasteiger partial charge < -0.3 is 14.4 Å². The Morgan fingerprint density at radius 1 is 0.407 bits per heavy atom. The van der Waals surface area contributed by atoms with Crippen LogP contribution in [-0.4, -0.2) is 11.3 Å². The van der Waals surface area contributed by atoms with Crippen molar-refractivity contribution in [2.45, 2.75) is 0 Å². The second-order valence-electron chi connectivity index (χ2n) is 14.1. The van der Waals surface area contributed by atoms with Gasteiger partial charge in [0.05, 0.1) is 5.69 Å². The van der Waals surface area contributed by atoms with Crippen LogP contribution in [0.2, 0.25) is 0 Å². The topological polar surface area (TPSA) is 11.4 Å². The maximum atomic E-state index is 2.56. The van der Waals surface area contributed by atoms with Crippen LogP contribution in [0.15, 0.2) is 206 Å². The zero-order chi connectivity index (χ0) is 35.6. The van der Waals surface area contributed by atoms with Gasteiger partial charge in [-0.2, -0.15) is 0 Å². The molecule has 1 aromatic heterocycles. The summed E-state index contributed by atoms with van der Waals surface area (Å²) in [6, 6.07) is 75.0. The lowest BCUT2D eigenvalue weighted by Gasteiger charge is -2.41. The molecule has 0 fully saturated rings. The largest absolute Gasteiger partial charge is 0.311 e. The highest BCUT2D eigenvalue weighted by molar-refractivity contribution is 7.00. The highest BCUT2D eigenvalue weighted by atomic mass is 15.2. The average molecular weight is 688 g/mol. The Morgan fingerprint density at radius 3 is 1.65 bits per heavy atom. The molecular formula is C50H34BN3. The van der Waals surface area contributed by atoms with E-state index < -0.39 is 0 Å². The van der Waals surface area contributed by atoms with E-state index in [0.717, 1.165) is 22.7 Å². The molecule has 3 heterocycles. The first-order valence-corrected chi connectivity index (χ1v) is 18.7. The number of hydrogen-bond acceptors (Lipinski definition) is 2. The fourth-order valence-electron chi connectivity index (χ4n) is 9.00. The highest BCUT2D eigenvalue weighted by Crippen LogP contribution is 2.47. The maximum Gasteiger partial charge on any atom is 0.252 e. The van der Waals surface area contributed by atoms with Crippen molar-refractivity contribution < 1.29 is 0 Å². The first kappa shape index (κ1) is 30.6. The van der Waals surface area contributed by atoms with E-state index in [2.05, 4.69) is 221 Å². The zero-order valence-corrected chi connectivity index (χ0v) is 29.5. The maximum absolute atomic E-state index is 2.56. The predicted molar refractivity (Wildman–Crippen MR) is 228 cm³/mol. The molecule has 0 bridgehead atoms. The molecule has 0 saturated carbocycles. The van der Waals surface area contributed by atoms with Crippen molar-refractivity contribution in [1.29, 1.82) is 0 Å². The van der Waals surface area contributed by atoms with Gasteiger partial charge in [-0.3, -0.25) is 0 Å². The van der Waals surface area contributed by atoms with Crippen LogP contribution < -0.4 is 26.2 Å². The standard InChI is InChI=1S/C50H34BN3/c1-6-18-35(19-7-1)47-41-28-16-29-43-50(41)54(49(47)36-20-8-2-9-21-36)45-31-17-30-44-48(45)51(43)42-33-32-40(34-46(42)53(44)39-26-14-5-15-27-39)52(37-22-10-3-11-23-37)38-24-12-4-13-25-38/h1-34H. The Bertz CT molecular complexity index is 2780. The molecule has 0 atom stereocenters. The van der Waals surface area contributed by atoms with Crippen LogP contribution in [0.25, 0.3) is 39.0 Å². The first-order chi connectivity index (χ1) is 26.8. The van der Waals surface area contributed by atoms with Gasteiger partial charge in [-0.25, -0.2) is 0 Å². The third-order valence-electron chi connectivity index (χ3n) is 11.1. The van der Waals surface area contributed by atoms with Crippen molar-refractivity contribution in [3.05, 3.63) is 206 Å². The first-order valence-electron chi connectivity index (χ1n) is 18.7. The number of para-hydroxylation sites is 4. The van der Waals surface area contributed by atoms with E-state index in [4.69, 9.17) is 0 Å². The van der Waals surface area contributed by atoms with Gasteiger partial charge in [-0.05, 0) is 88.2 Å². The van der Waals surface area contributed by atoms with Crippen LogP contribution >= 0.6 is 0 Å². The quantitative estimate of drug-likeness (QED) is 0.161. The van der Waals surface area contributed by atoms with Gasteiger partial charge in [0.1, 0.15) is 0 Å². The normalized spacial score (nSPS) is 12.4. The minimum Gasteiger partial charge on any atom is -0.311 e. The molecule has 0 unspecified atom stereocenters. The number of hydrogen-bond donors (Lipinski definition) is 0. The number of nitrogens with zero attached hydrogens (tertiary/aromatic N) is 3. The van der Waals surface area contributed by atoms with Crippen molar-refractivity contribution >= 4 is 68.1 Å². The molecule has 2 aliphatic rings. The third-order valence-corrected chi connectivity index (χ3v) is 11.1. The van der Waals surface area contributed by atoms with E-state index in [1.165, 1.54) is 66.7 Å². The Kier molecular flexibility index (Phi) is 6.96. The molecular weight excluding hydrogens is 653 g/mol. The van der Waals surface area contributed by atoms with E-state index in [1.807, 2.05) is 0 Å². The fraction of sp³-hybridized carbons (Fsp3) is 0. The summed E-state index contributed by atoms with van der Waals surface area (Å²) in [5.74, 6) is 0. The van der Waals surface area contributed by atoms with Crippen LogP contribution in [0.5, 0.6) is 0 Å². The minimum atomic E-state index is 0.0421. The summed E-state index contributed by atoms with van der Waals surface area (Å²) < 4.78 is 2.56. The summed E-state index contributed by atoms with van der Waals surface area (Å²) in [6.07, 6.45) is 0. The summed E-state index contributed by atoms with van der Waals surface area (Å²) in [7, 11) is 0. The molecule has 11 rings (SSSR count). The average Bonchev–Trinajstić information content (AvgIpc) is 3.60. The SMILES string of the molecule is c1ccc(-c2c(-c3ccccc3)n3c4c(cccc24)B2c4ccc(N(c5ccccc5)c5ccccc5)cc4N(c4ccccc4)c4cccc-3c42)cc1. The molecule has 54 heavy (non-hydrogen) atoms. The fourth-order valence-corrected chi connectivity index (χ4v) is 9.00. The molecule has 0 aliphatic carbocycles. The minimum absolute atomic E-state index is 0.0421. The van der Waals surface area contributed by atoms with E-state index in [-0.39, 0.29) is 6.71 Å². The van der Waals surface area contributed by atoms with Gasteiger partial charge in [-0.15, -0.1) is 0 Å². The Labute approximate surface area is 315 Å². The van der Waals surface area contributed by atoms with Gasteiger partial charge in [0.25, 0.3) is 6.71 Å². The van der Waals surface area contributed by atoms with Crippen molar-refractivity contribution in [2.75, 3.05) is 9.80 Å². The van der Waals surface area contributed by atoms with Crippen molar-refractivity contribution in [3.63, 3.8) is 0 Å². The molecule has 4 heteroatoms. The monoisotopic (exact) mass is 687 g/mol. The second-order valence-corrected chi connectivity index (χ2v) is 14.1. The number of fused-ring (bicyclic) bond motifs is 4. The molecule has 0 N–H and O–H groups in total. The smallest absolute Gasteiger partial charge is 0.252 e. The molecule has 9 aromatic rings. The molecule has 2 aliphatic heterocycles. The van der Waals surface area contributed by atoms with Gasteiger partial charge in [0.2, 0.25) is 0 Å². The van der Waals surface area contributed by atoms with Crippen molar-refractivity contribution in [2.24, 2.45) is 0 Å². The van der Waals surface area contributed by atoms with E-state index in [0.29, 0.717) is 0 Å². The molecule has 3 nitrogen and oxygen atoms in total. The van der Waals surface area contributed by atoms with E-state index in [1.54, 1.807) is 0 Å². The van der Waals surface area contributed by atoms with Crippen LogP contribution in [0.4, 0.5) is 34.1 Å². The third kappa shape index (κ3) is 4.57. The number of rotatable bonds is 6. The van der Waals surface area contributed by atoms with Crippen LogP contribution in [0.1, 0.15) is 0 Å². The summed E-state index contributed by atoms with van der Waals surface area (Å²) in [5, 5.41) is 1.27. The lowest BCUT2D eigenvalue weighted by molar-refractivity contribution is 1.14. The molecule has 0 radical (unpaired) electrons. The van der Waals surface area contributed by atoms with E-state index in [9.17, 15) is 0 Å². The van der Waals surface area contributed by atoms with Gasteiger partial charge in [0, 0.05) is 56.3 Å². The molecule has 0 saturated heterocycles. The summed E-state index contributed by atoms with van der Waals surface area (Å²) >= 11 is 0. The molecule has 0 amide bonds. The van der Waals surface area contributed by atoms with Crippen molar-refractivity contribution in [3.8, 4) is 28.1 Å². The molecule has 8 aromatic carbocycles.